The largest absolute Gasteiger partial charge is 0.491 e. The van der Waals surface area contributed by atoms with Gasteiger partial charge in [-0.05, 0) is 73.2 Å². The molecule has 4 heteroatoms. The summed E-state index contributed by atoms with van der Waals surface area (Å²) in [6.07, 6.45) is 0.542. The molecule has 0 N–H and O–H groups in total. The van der Waals surface area contributed by atoms with Crippen molar-refractivity contribution in [1.29, 1.82) is 0 Å². The van der Waals surface area contributed by atoms with Gasteiger partial charge in [-0.15, -0.1) is 0 Å². The van der Waals surface area contributed by atoms with E-state index >= 15 is 0 Å². The molecule has 2 aliphatic rings. The summed E-state index contributed by atoms with van der Waals surface area (Å²) in [6.45, 7) is 11.5. The van der Waals surface area contributed by atoms with Gasteiger partial charge >= 0.3 is 0 Å². The molecule has 0 amide bonds. The highest BCUT2D eigenvalue weighted by Gasteiger charge is 2.25. The van der Waals surface area contributed by atoms with Crippen LogP contribution in [0.2, 0.25) is 0 Å². The second kappa shape index (κ2) is 6.93. The fraction of sp³-hybridized carbons (Fsp3) is 0.455. The van der Waals surface area contributed by atoms with Gasteiger partial charge in [-0.3, -0.25) is 0 Å². The van der Waals surface area contributed by atoms with Crippen LogP contribution in [-0.2, 0) is 9.47 Å². The van der Waals surface area contributed by atoms with Crippen molar-refractivity contribution in [3.8, 4) is 22.6 Å². The average Bonchev–Trinajstić information content (AvgIpc) is 3.54. The zero-order valence-corrected chi connectivity index (χ0v) is 15.9. The molecule has 4 rings (SSSR count). The molecular weight excluding hydrogens is 328 g/mol. The molecule has 0 spiro atoms. The van der Waals surface area contributed by atoms with Crippen molar-refractivity contribution in [2.24, 2.45) is 0 Å². The van der Waals surface area contributed by atoms with Gasteiger partial charge in [0.15, 0.2) is 0 Å². The molecule has 2 aromatic carbocycles. The number of rotatable bonds is 7. The Labute approximate surface area is 155 Å². The molecule has 138 valence electrons. The highest BCUT2D eigenvalue weighted by atomic mass is 16.6. The maximum absolute atomic E-state index is 6.07. The molecule has 4 nitrogen and oxygen atoms in total. The number of ether oxygens (including phenoxy) is 4. The summed E-state index contributed by atoms with van der Waals surface area (Å²) in [7, 11) is 0. The van der Waals surface area contributed by atoms with E-state index in [1.807, 2.05) is 12.1 Å². The van der Waals surface area contributed by atoms with Crippen LogP contribution in [0.5, 0.6) is 11.5 Å². The molecule has 2 aromatic rings. The molecule has 2 heterocycles. The maximum Gasteiger partial charge on any atom is 0.125 e. The van der Waals surface area contributed by atoms with E-state index < -0.39 is 0 Å². The van der Waals surface area contributed by atoms with Crippen molar-refractivity contribution in [3.63, 3.8) is 0 Å². The molecule has 0 aromatic heterocycles. The molecule has 2 fully saturated rings. The minimum atomic E-state index is 0.266. The summed E-state index contributed by atoms with van der Waals surface area (Å²) in [5, 5.41) is 0. The van der Waals surface area contributed by atoms with E-state index in [0.29, 0.717) is 13.2 Å². The first-order valence-corrected chi connectivity index (χ1v) is 9.24. The number of benzene rings is 2. The van der Waals surface area contributed by atoms with Gasteiger partial charge in [0.2, 0.25) is 0 Å². The lowest BCUT2D eigenvalue weighted by Crippen LogP contribution is -2.08. The second-order valence-corrected chi connectivity index (χ2v) is 7.26. The Hall–Kier alpha value is -2.04. The van der Waals surface area contributed by atoms with Gasteiger partial charge in [-0.2, -0.15) is 0 Å². The topological polar surface area (TPSA) is 43.5 Å². The number of hydrogen-bond acceptors (Lipinski definition) is 4. The lowest BCUT2D eigenvalue weighted by Gasteiger charge is -2.21. The van der Waals surface area contributed by atoms with Crippen molar-refractivity contribution in [3.05, 3.63) is 46.5 Å². The third-order valence-corrected chi connectivity index (χ3v) is 5.35. The van der Waals surface area contributed by atoms with E-state index in [1.54, 1.807) is 0 Å². The van der Waals surface area contributed by atoms with Crippen molar-refractivity contribution in [1.82, 2.24) is 0 Å². The fourth-order valence-corrected chi connectivity index (χ4v) is 3.34. The van der Waals surface area contributed by atoms with Crippen LogP contribution in [0.15, 0.2) is 24.3 Å². The Morgan fingerprint density at radius 1 is 0.769 bits per heavy atom. The van der Waals surface area contributed by atoms with Gasteiger partial charge in [0.05, 0.1) is 13.2 Å². The molecule has 26 heavy (non-hydrogen) atoms. The Bertz CT molecular complexity index is 773. The zero-order chi connectivity index (χ0) is 18.3. The van der Waals surface area contributed by atoms with Crippen molar-refractivity contribution < 1.29 is 18.9 Å². The van der Waals surface area contributed by atoms with E-state index in [1.165, 1.54) is 33.4 Å². The van der Waals surface area contributed by atoms with Crippen LogP contribution < -0.4 is 9.47 Å². The molecule has 0 aliphatic carbocycles. The maximum atomic E-state index is 6.07. The Kier molecular flexibility index (Phi) is 4.63. The predicted octanol–water partition coefficient (Wildman–Crippen LogP) is 4.14. The van der Waals surface area contributed by atoms with E-state index in [9.17, 15) is 0 Å². The Morgan fingerprint density at radius 2 is 1.27 bits per heavy atom. The molecular formula is C22H26O4. The Morgan fingerprint density at radius 3 is 1.77 bits per heavy atom. The van der Waals surface area contributed by atoms with Crippen LogP contribution in [0.25, 0.3) is 11.1 Å². The van der Waals surface area contributed by atoms with Crippen LogP contribution >= 0.6 is 0 Å². The average molecular weight is 354 g/mol. The van der Waals surface area contributed by atoms with Gasteiger partial charge in [-0.1, -0.05) is 12.1 Å². The quantitative estimate of drug-likeness (QED) is 0.701. The van der Waals surface area contributed by atoms with Gasteiger partial charge in [0, 0.05) is 0 Å². The summed E-state index contributed by atoms with van der Waals surface area (Å²) >= 11 is 0. The van der Waals surface area contributed by atoms with Crippen LogP contribution in [-0.4, -0.2) is 38.6 Å². The minimum Gasteiger partial charge on any atom is -0.491 e. The van der Waals surface area contributed by atoms with E-state index in [-0.39, 0.29) is 12.2 Å². The molecule has 0 bridgehead atoms. The molecule has 2 saturated heterocycles. The minimum absolute atomic E-state index is 0.266. The van der Waals surface area contributed by atoms with Gasteiger partial charge < -0.3 is 18.9 Å². The van der Waals surface area contributed by atoms with Gasteiger partial charge in [0.25, 0.3) is 0 Å². The third kappa shape index (κ3) is 3.57. The van der Waals surface area contributed by atoms with Crippen molar-refractivity contribution >= 4 is 0 Å². The predicted molar refractivity (Wildman–Crippen MR) is 101 cm³/mol. The molecule has 2 atom stereocenters. The summed E-state index contributed by atoms with van der Waals surface area (Å²) in [5.41, 5.74) is 7.43. The molecule has 2 unspecified atom stereocenters. The summed E-state index contributed by atoms with van der Waals surface area (Å²) in [4.78, 5) is 0. The summed E-state index contributed by atoms with van der Waals surface area (Å²) in [6, 6.07) is 8.35. The van der Waals surface area contributed by atoms with E-state index in [0.717, 1.165) is 24.7 Å². The smallest absolute Gasteiger partial charge is 0.125 e. The van der Waals surface area contributed by atoms with Gasteiger partial charge in [0.1, 0.15) is 36.9 Å². The number of hydrogen-bond donors (Lipinski definition) is 0. The molecule has 0 radical (unpaired) electrons. The SMILES string of the molecule is Cc1c(C)c(-c2ccc(OCC3CO3)cc2)c(C)c(C)c1OCC1CO1. The lowest BCUT2D eigenvalue weighted by molar-refractivity contribution is 0.260. The Balaban J connectivity index is 1.60. The normalized spacial score (nSPS) is 20.8. The van der Waals surface area contributed by atoms with Crippen LogP contribution in [0.3, 0.4) is 0 Å². The first-order valence-electron chi connectivity index (χ1n) is 9.24. The molecule has 0 saturated carbocycles. The third-order valence-electron chi connectivity index (χ3n) is 5.35. The van der Waals surface area contributed by atoms with Crippen molar-refractivity contribution in [2.45, 2.75) is 39.9 Å². The summed E-state index contributed by atoms with van der Waals surface area (Å²) < 4.78 is 22.3. The standard InChI is InChI=1S/C22H26O4/c1-13-15(3)22(26-12-20-11-25-20)16(4)14(2)21(13)17-5-7-18(8-6-17)23-9-19-10-24-19/h5-8,19-20H,9-12H2,1-4H3. The van der Waals surface area contributed by atoms with Gasteiger partial charge in [-0.25, -0.2) is 0 Å². The monoisotopic (exact) mass is 354 g/mol. The van der Waals surface area contributed by atoms with E-state index in [4.69, 9.17) is 18.9 Å². The molecule has 2 aliphatic heterocycles. The highest BCUT2D eigenvalue weighted by Crippen LogP contribution is 2.39. The first kappa shape index (κ1) is 17.4. The fourth-order valence-electron chi connectivity index (χ4n) is 3.34. The second-order valence-electron chi connectivity index (χ2n) is 7.26. The van der Waals surface area contributed by atoms with Crippen molar-refractivity contribution in [2.75, 3.05) is 26.4 Å². The number of epoxide rings is 2. The van der Waals surface area contributed by atoms with Crippen LogP contribution in [0.1, 0.15) is 22.3 Å². The van der Waals surface area contributed by atoms with Crippen LogP contribution in [0.4, 0.5) is 0 Å². The first-order chi connectivity index (χ1) is 12.5. The lowest BCUT2D eigenvalue weighted by atomic mass is 9.89. The van der Waals surface area contributed by atoms with E-state index in [2.05, 4.69) is 39.8 Å². The highest BCUT2D eigenvalue weighted by molar-refractivity contribution is 5.76. The van der Waals surface area contributed by atoms with Crippen LogP contribution in [0, 0.1) is 27.7 Å². The zero-order valence-electron chi connectivity index (χ0n) is 15.9. The summed E-state index contributed by atoms with van der Waals surface area (Å²) in [5.74, 6) is 1.89.